The van der Waals surface area contributed by atoms with Crippen molar-refractivity contribution < 1.29 is 14.3 Å². The summed E-state index contributed by atoms with van der Waals surface area (Å²) in [6.07, 6.45) is 0. The molecule has 2 N–H and O–H groups in total. The number of nitrogens with one attached hydrogen (secondary N) is 2. The lowest BCUT2D eigenvalue weighted by Crippen LogP contribution is -2.49. The molecule has 134 valence electrons. The predicted molar refractivity (Wildman–Crippen MR) is 98.4 cm³/mol. The number of benzene rings is 1. The largest absolute Gasteiger partial charge is 0.466 e. The van der Waals surface area contributed by atoms with Gasteiger partial charge >= 0.3 is 12.0 Å². The van der Waals surface area contributed by atoms with Crippen LogP contribution < -0.4 is 10.6 Å². The third kappa shape index (κ3) is 4.16. The number of ether oxygens (including phenoxy) is 1. The van der Waals surface area contributed by atoms with Crippen LogP contribution in [0.15, 0.2) is 35.5 Å². The van der Waals surface area contributed by atoms with E-state index in [2.05, 4.69) is 15.5 Å². The van der Waals surface area contributed by atoms with E-state index in [9.17, 15) is 9.59 Å². The molecule has 2 heterocycles. The topological polar surface area (TPSA) is 70.7 Å². The summed E-state index contributed by atoms with van der Waals surface area (Å²) in [7, 11) is 1.37. The molecule has 7 heteroatoms. The highest BCUT2D eigenvalue weighted by Crippen LogP contribution is 2.28. The van der Waals surface area contributed by atoms with Gasteiger partial charge in [0.2, 0.25) is 0 Å². The Bertz CT molecular complexity index is 681. The van der Waals surface area contributed by atoms with Gasteiger partial charge in [-0.15, -0.1) is 0 Å². The molecule has 1 aromatic rings. The summed E-state index contributed by atoms with van der Waals surface area (Å²) in [6, 6.07) is 7.02. The van der Waals surface area contributed by atoms with Gasteiger partial charge in [0.1, 0.15) is 0 Å². The van der Waals surface area contributed by atoms with Gasteiger partial charge in [-0.2, -0.15) is 11.8 Å². The van der Waals surface area contributed by atoms with Crippen LogP contribution in [0.25, 0.3) is 0 Å². The molecular weight excluding hydrogens is 338 g/mol. The number of rotatable bonds is 4. The SMILES string of the molecule is COC(=O)C1=C(CN2CCSCC2)NC(=O)NC1c1ccc(C)cc1. The molecule has 2 aliphatic heterocycles. The lowest BCUT2D eigenvalue weighted by atomic mass is 9.94. The normalized spacial score (nSPS) is 21.5. The van der Waals surface area contributed by atoms with Crippen molar-refractivity contribution in [2.75, 3.05) is 38.2 Å². The van der Waals surface area contributed by atoms with Gasteiger partial charge in [-0.05, 0) is 12.5 Å². The zero-order valence-corrected chi connectivity index (χ0v) is 15.3. The highest BCUT2D eigenvalue weighted by atomic mass is 32.2. The number of esters is 1. The standard InChI is InChI=1S/C18H23N3O3S/c1-12-3-5-13(6-4-12)16-15(17(22)24-2)14(19-18(23)20-16)11-21-7-9-25-10-8-21/h3-6,16H,7-11H2,1-2H3,(H2,19,20,23). The first-order chi connectivity index (χ1) is 12.1. The quantitative estimate of drug-likeness (QED) is 0.801. The molecule has 0 spiro atoms. The van der Waals surface area contributed by atoms with E-state index >= 15 is 0 Å². The number of urea groups is 1. The molecule has 1 aromatic carbocycles. The van der Waals surface area contributed by atoms with E-state index in [1.54, 1.807) is 0 Å². The van der Waals surface area contributed by atoms with Crippen LogP contribution in [0.4, 0.5) is 4.79 Å². The van der Waals surface area contributed by atoms with Crippen molar-refractivity contribution in [1.29, 1.82) is 0 Å². The van der Waals surface area contributed by atoms with Crippen molar-refractivity contribution in [2.24, 2.45) is 0 Å². The predicted octanol–water partition coefficient (Wildman–Crippen LogP) is 1.82. The Hall–Kier alpha value is -1.99. The highest BCUT2D eigenvalue weighted by Gasteiger charge is 2.34. The molecule has 1 saturated heterocycles. The molecule has 0 radical (unpaired) electrons. The number of hydrogen-bond donors (Lipinski definition) is 2. The van der Waals surface area contributed by atoms with Crippen LogP contribution in [-0.2, 0) is 9.53 Å². The number of hydrogen-bond acceptors (Lipinski definition) is 5. The monoisotopic (exact) mass is 361 g/mol. The number of thioether (sulfide) groups is 1. The maximum Gasteiger partial charge on any atom is 0.338 e. The molecule has 6 nitrogen and oxygen atoms in total. The van der Waals surface area contributed by atoms with E-state index in [0.717, 1.165) is 35.7 Å². The highest BCUT2D eigenvalue weighted by molar-refractivity contribution is 7.99. The maximum absolute atomic E-state index is 12.5. The summed E-state index contributed by atoms with van der Waals surface area (Å²) in [5, 5.41) is 5.67. The van der Waals surface area contributed by atoms with Crippen molar-refractivity contribution in [3.63, 3.8) is 0 Å². The smallest absolute Gasteiger partial charge is 0.338 e. The minimum atomic E-state index is -0.504. The molecule has 0 aromatic heterocycles. The summed E-state index contributed by atoms with van der Waals surface area (Å²) in [4.78, 5) is 26.9. The second-order valence-electron chi connectivity index (χ2n) is 6.21. The number of amides is 2. The molecule has 1 unspecified atom stereocenters. The number of carbonyl (C=O) groups excluding carboxylic acids is 2. The van der Waals surface area contributed by atoms with Crippen LogP contribution in [0, 0.1) is 6.92 Å². The Morgan fingerprint density at radius 1 is 1.28 bits per heavy atom. The van der Waals surface area contributed by atoms with Gasteiger partial charge in [0.05, 0.1) is 18.7 Å². The fourth-order valence-electron chi connectivity index (χ4n) is 3.09. The number of carbonyl (C=O) groups is 2. The first-order valence-electron chi connectivity index (χ1n) is 8.34. The number of aryl methyl sites for hydroxylation is 1. The van der Waals surface area contributed by atoms with E-state index in [1.165, 1.54) is 7.11 Å². The van der Waals surface area contributed by atoms with Crippen molar-refractivity contribution in [2.45, 2.75) is 13.0 Å². The van der Waals surface area contributed by atoms with Gasteiger partial charge in [-0.1, -0.05) is 29.8 Å². The molecule has 1 fully saturated rings. The van der Waals surface area contributed by atoms with E-state index in [-0.39, 0.29) is 6.03 Å². The number of nitrogens with zero attached hydrogens (tertiary/aromatic N) is 1. The minimum absolute atomic E-state index is 0.292. The first-order valence-corrected chi connectivity index (χ1v) is 9.49. The molecule has 0 aliphatic carbocycles. The van der Waals surface area contributed by atoms with Crippen LogP contribution in [-0.4, -0.2) is 55.2 Å². The Kier molecular flexibility index (Phi) is 5.65. The molecule has 2 aliphatic rings. The fraction of sp³-hybridized carbons (Fsp3) is 0.444. The Balaban J connectivity index is 1.96. The lowest BCUT2D eigenvalue weighted by molar-refractivity contribution is -0.136. The van der Waals surface area contributed by atoms with Crippen molar-refractivity contribution in [3.8, 4) is 0 Å². The maximum atomic E-state index is 12.5. The van der Waals surface area contributed by atoms with Crippen LogP contribution in [0.5, 0.6) is 0 Å². The van der Waals surface area contributed by atoms with Gasteiger partial charge in [-0.3, -0.25) is 4.90 Å². The third-order valence-corrected chi connectivity index (χ3v) is 5.40. The van der Waals surface area contributed by atoms with Crippen molar-refractivity contribution in [1.82, 2.24) is 15.5 Å². The molecule has 2 amide bonds. The Labute approximate surface area is 152 Å². The van der Waals surface area contributed by atoms with Gasteiger partial charge < -0.3 is 15.4 Å². The van der Waals surface area contributed by atoms with E-state index in [4.69, 9.17) is 4.74 Å². The molecule has 1 atom stereocenters. The van der Waals surface area contributed by atoms with Gasteiger partial charge in [0, 0.05) is 36.8 Å². The van der Waals surface area contributed by atoms with Gasteiger partial charge in [-0.25, -0.2) is 9.59 Å². The summed E-state index contributed by atoms with van der Waals surface area (Å²) >= 11 is 1.92. The molecule has 3 rings (SSSR count). The van der Waals surface area contributed by atoms with Crippen molar-refractivity contribution in [3.05, 3.63) is 46.7 Å². The average Bonchev–Trinajstić information content (AvgIpc) is 2.62. The van der Waals surface area contributed by atoms with Crippen molar-refractivity contribution >= 4 is 23.8 Å². The van der Waals surface area contributed by atoms with Gasteiger partial charge in [0.15, 0.2) is 0 Å². The first kappa shape index (κ1) is 17.8. The second kappa shape index (κ2) is 7.93. The zero-order valence-electron chi connectivity index (χ0n) is 14.5. The van der Waals surface area contributed by atoms with Crippen LogP contribution >= 0.6 is 11.8 Å². The van der Waals surface area contributed by atoms with Crippen LogP contribution in [0.2, 0.25) is 0 Å². The summed E-state index contributed by atoms with van der Waals surface area (Å²) in [5.41, 5.74) is 3.10. The van der Waals surface area contributed by atoms with E-state index in [0.29, 0.717) is 17.8 Å². The summed E-state index contributed by atoms with van der Waals surface area (Å²) < 4.78 is 5.01. The van der Waals surface area contributed by atoms with E-state index < -0.39 is 12.0 Å². The average molecular weight is 361 g/mol. The molecule has 25 heavy (non-hydrogen) atoms. The zero-order chi connectivity index (χ0) is 17.8. The molecule has 0 saturated carbocycles. The number of methoxy groups -OCH3 is 1. The summed E-state index contributed by atoms with van der Waals surface area (Å²) in [6.45, 7) is 4.44. The second-order valence-corrected chi connectivity index (χ2v) is 7.44. The van der Waals surface area contributed by atoms with Crippen LogP contribution in [0.1, 0.15) is 17.2 Å². The fourth-order valence-corrected chi connectivity index (χ4v) is 4.06. The minimum Gasteiger partial charge on any atom is -0.466 e. The molecular formula is C18H23N3O3S. The third-order valence-electron chi connectivity index (χ3n) is 4.46. The van der Waals surface area contributed by atoms with Crippen LogP contribution in [0.3, 0.4) is 0 Å². The molecule has 0 bridgehead atoms. The van der Waals surface area contributed by atoms with Gasteiger partial charge in [0.25, 0.3) is 0 Å². The Morgan fingerprint density at radius 3 is 2.60 bits per heavy atom. The Morgan fingerprint density at radius 2 is 1.96 bits per heavy atom. The summed E-state index contributed by atoms with van der Waals surface area (Å²) in [5.74, 6) is 1.71. The lowest BCUT2D eigenvalue weighted by Gasteiger charge is -2.33. The van der Waals surface area contributed by atoms with E-state index in [1.807, 2.05) is 43.0 Å².